The molecule has 0 unspecified atom stereocenters. The SMILES string of the molecule is Cc1nn(-c2ccccc2)c2c1CN(C(=O)NCC(C)C)[C@@H](c1ccc(F)cc1)c1cccn1-2. The van der Waals surface area contributed by atoms with Gasteiger partial charge in [0.15, 0.2) is 0 Å². The fraction of sp³-hybridized carbons (Fsp3) is 0.259. The number of rotatable bonds is 4. The van der Waals surface area contributed by atoms with Crippen LogP contribution in [0.2, 0.25) is 0 Å². The normalized spacial score (nSPS) is 15.1. The van der Waals surface area contributed by atoms with Crippen molar-refractivity contribution in [2.45, 2.75) is 33.4 Å². The van der Waals surface area contributed by atoms with Gasteiger partial charge in [-0.3, -0.25) is 0 Å². The summed E-state index contributed by atoms with van der Waals surface area (Å²) in [6.45, 7) is 7.06. The minimum Gasteiger partial charge on any atom is -0.338 e. The van der Waals surface area contributed by atoms with Gasteiger partial charge in [0, 0.05) is 18.3 Å². The lowest BCUT2D eigenvalue weighted by Gasteiger charge is -2.31. The smallest absolute Gasteiger partial charge is 0.318 e. The molecule has 2 aromatic heterocycles. The van der Waals surface area contributed by atoms with Crippen LogP contribution in [-0.2, 0) is 6.54 Å². The first-order chi connectivity index (χ1) is 16.4. The van der Waals surface area contributed by atoms with E-state index in [-0.39, 0.29) is 11.8 Å². The van der Waals surface area contributed by atoms with Gasteiger partial charge in [0.2, 0.25) is 0 Å². The van der Waals surface area contributed by atoms with Gasteiger partial charge in [-0.2, -0.15) is 5.10 Å². The monoisotopic (exact) mass is 457 g/mol. The predicted molar refractivity (Wildman–Crippen MR) is 130 cm³/mol. The van der Waals surface area contributed by atoms with Gasteiger partial charge in [-0.05, 0) is 54.8 Å². The van der Waals surface area contributed by atoms with Crippen LogP contribution in [0.5, 0.6) is 0 Å². The number of fused-ring (bicyclic) bond motifs is 3. The van der Waals surface area contributed by atoms with Crippen LogP contribution in [0.3, 0.4) is 0 Å². The van der Waals surface area contributed by atoms with Crippen molar-refractivity contribution in [2.24, 2.45) is 5.92 Å². The first-order valence-corrected chi connectivity index (χ1v) is 11.6. The molecule has 174 valence electrons. The number of hydrogen-bond acceptors (Lipinski definition) is 2. The third-order valence-electron chi connectivity index (χ3n) is 6.19. The van der Waals surface area contributed by atoms with Crippen molar-refractivity contribution in [1.82, 2.24) is 24.6 Å². The van der Waals surface area contributed by atoms with Gasteiger partial charge in [-0.15, -0.1) is 0 Å². The largest absolute Gasteiger partial charge is 0.338 e. The van der Waals surface area contributed by atoms with Crippen LogP contribution in [0.1, 0.15) is 42.4 Å². The first kappa shape index (κ1) is 21.9. The van der Waals surface area contributed by atoms with Crippen LogP contribution < -0.4 is 5.32 Å². The van der Waals surface area contributed by atoms with Crippen LogP contribution in [-0.4, -0.2) is 31.8 Å². The number of aryl methyl sites for hydroxylation is 1. The summed E-state index contributed by atoms with van der Waals surface area (Å²) in [6, 6.07) is 19.8. The summed E-state index contributed by atoms with van der Waals surface area (Å²) < 4.78 is 17.8. The van der Waals surface area contributed by atoms with Crippen molar-refractivity contribution in [1.29, 1.82) is 0 Å². The molecule has 0 fully saturated rings. The van der Waals surface area contributed by atoms with Crippen molar-refractivity contribution in [3.63, 3.8) is 0 Å². The Morgan fingerprint density at radius 3 is 2.53 bits per heavy atom. The molecule has 1 atom stereocenters. The summed E-state index contributed by atoms with van der Waals surface area (Å²) in [4.78, 5) is 15.4. The Morgan fingerprint density at radius 1 is 1.09 bits per heavy atom. The van der Waals surface area contributed by atoms with Crippen LogP contribution >= 0.6 is 0 Å². The molecule has 0 saturated heterocycles. The Bertz CT molecular complexity index is 1310. The van der Waals surface area contributed by atoms with Crippen molar-refractivity contribution in [3.05, 3.63) is 101 Å². The van der Waals surface area contributed by atoms with Crippen LogP contribution in [0.15, 0.2) is 72.9 Å². The lowest BCUT2D eigenvalue weighted by molar-refractivity contribution is 0.179. The predicted octanol–water partition coefficient (Wildman–Crippen LogP) is 5.38. The molecule has 34 heavy (non-hydrogen) atoms. The van der Waals surface area contributed by atoms with Crippen LogP contribution in [0, 0.1) is 18.7 Å². The maximum atomic E-state index is 13.8. The van der Waals surface area contributed by atoms with E-state index in [4.69, 9.17) is 5.10 Å². The number of benzene rings is 2. The Morgan fingerprint density at radius 2 is 1.82 bits per heavy atom. The highest BCUT2D eigenvalue weighted by molar-refractivity contribution is 5.76. The number of urea groups is 1. The molecule has 1 N–H and O–H groups in total. The number of nitrogens with zero attached hydrogens (tertiary/aromatic N) is 4. The minimum absolute atomic E-state index is 0.157. The second kappa shape index (κ2) is 8.82. The van der Waals surface area contributed by atoms with E-state index in [0.717, 1.165) is 34.0 Å². The molecule has 1 aliphatic rings. The Hall–Kier alpha value is -3.87. The number of para-hydroxylation sites is 1. The van der Waals surface area contributed by atoms with E-state index in [1.54, 1.807) is 12.1 Å². The van der Waals surface area contributed by atoms with E-state index in [1.807, 2.05) is 65.2 Å². The third-order valence-corrected chi connectivity index (χ3v) is 6.19. The van der Waals surface area contributed by atoms with E-state index < -0.39 is 6.04 Å². The second-order valence-corrected chi connectivity index (χ2v) is 9.10. The zero-order chi connectivity index (χ0) is 23.8. The number of amides is 2. The lowest BCUT2D eigenvalue weighted by Crippen LogP contribution is -2.43. The molecule has 0 aliphatic carbocycles. The van der Waals surface area contributed by atoms with E-state index >= 15 is 0 Å². The molecule has 0 bridgehead atoms. The van der Waals surface area contributed by atoms with Gasteiger partial charge in [0.25, 0.3) is 0 Å². The topological polar surface area (TPSA) is 55.1 Å². The summed E-state index contributed by atoms with van der Waals surface area (Å²) in [6.07, 6.45) is 2.00. The second-order valence-electron chi connectivity index (χ2n) is 9.10. The fourth-order valence-corrected chi connectivity index (χ4v) is 4.54. The third kappa shape index (κ3) is 3.87. The van der Waals surface area contributed by atoms with E-state index in [0.29, 0.717) is 19.0 Å². The molecular formula is C27H28FN5O. The summed E-state index contributed by atoms with van der Waals surface area (Å²) in [7, 11) is 0. The Balaban J connectivity index is 1.71. The number of halogens is 1. The summed E-state index contributed by atoms with van der Waals surface area (Å²) in [5.74, 6) is 0.930. The molecule has 0 saturated carbocycles. The number of nitrogens with one attached hydrogen (secondary N) is 1. The van der Waals surface area contributed by atoms with Gasteiger partial charge in [0.1, 0.15) is 11.6 Å². The molecule has 5 rings (SSSR count). The van der Waals surface area contributed by atoms with Gasteiger partial charge in [0.05, 0.1) is 29.7 Å². The van der Waals surface area contributed by atoms with Crippen LogP contribution in [0.4, 0.5) is 9.18 Å². The minimum atomic E-state index is -0.390. The van der Waals surface area contributed by atoms with E-state index in [9.17, 15) is 9.18 Å². The molecular weight excluding hydrogens is 429 g/mol. The molecule has 0 spiro atoms. The maximum absolute atomic E-state index is 13.8. The van der Waals surface area contributed by atoms with Gasteiger partial charge in [-0.25, -0.2) is 13.9 Å². The summed E-state index contributed by atoms with van der Waals surface area (Å²) >= 11 is 0. The first-order valence-electron chi connectivity index (χ1n) is 11.6. The zero-order valence-corrected chi connectivity index (χ0v) is 19.6. The molecule has 6 nitrogen and oxygen atoms in total. The average Bonchev–Trinajstić information content (AvgIpc) is 3.39. The standard InChI is InChI=1S/C27H28FN5O/c1-18(2)16-29-27(34)32-17-23-19(3)30-33(22-8-5-4-6-9-22)26(23)31-15-7-10-24(31)25(32)20-11-13-21(28)14-12-20/h4-15,18,25H,16-17H2,1-3H3,(H,29,34)/t25-/m0/s1. The number of carbonyl (C=O) groups is 1. The van der Waals surface area contributed by atoms with Gasteiger partial charge in [-0.1, -0.05) is 44.2 Å². The number of aromatic nitrogens is 3. The Kier molecular flexibility index (Phi) is 5.69. The van der Waals surface area contributed by atoms with Crippen molar-refractivity contribution in [3.8, 4) is 11.5 Å². The number of carbonyl (C=O) groups excluding carboxylic acids is 1. The highest BCUT2D eigenvalue weighted by Gasteiger charge is 2.35. The quantitative estimate of drug-likeness (QED) is 0.447. The van der Waals surface area contributed by atoms with E-state index in [1.165, 1.54) is 12.1 Å². The molecule has 7 heteroatoms. The maximum Gasteiger partial charge on any atom is 0.318 e. The molecule has 0 radical (unpaired) electrons. The Labute approximate surface area is 198 Å². The van der Waals surface area contributed by atoms with Crippen molar-refractivity contribution < 1.29 is 9.18 Å². The van der Waals surface area contributed by atoms with Crippen molar-refractivity contribution in [2.75, 3.05) is 6.54 Å². The summed E-state index contributed by atoms with van der Waals surface area (Å²) in [5, 5.41) is 7.93. The molecule has 1 aliphatic heterocycles. The number of hydrogen-bond donors (Lipinski definition) is 1. The highest BCUT2D eigenvalue weighted by atomic mass is 19.1. The zero-order valence-electron chi connectivity index (χ0n) is 19.6. The lowest BCUT2D eigenvalue weighted by atomic mass is 10.0. The van der Waals surface area contributed by atoms with Gasteiger partial charge < -0.3 is 14.8 Å². The fourth-order valence-electron chi connectivity index (χ4n) is 4.54. The molecule has 3 heterocycles. The van der Waals surface area contributed by atoms with Crippen LogP contribution in [0.25, 0.3) is 11.5 Å². The highest BCUT2D eigenvalue weighted by Crippen LogP contribution is 2.38. The van der Waals surface area contributed by atoms with Crippen molar-refractivity contribution >= 4 is 6.03 Å². The summed E-state index contributed by atoms with van der Waals surface area (Å²) in [5.41, 5.74) is 4.55. The molecule has 4 aromatic rings. The average molecular weight is 458 g/mol. The molecule has 2 aromatic carbocycles. The van der Waals surface area contributed by atoms with Gasteiger partial charge >= 0.3 is 6.03 Å². The molecule has 2 amide bonds. The van der Waals surface area contributed by atoms with E-state index in [2.05, 4.69) is 23.7 Å².